The van der Waals surface area contributed by atoms with E-state index in [1.54, 1.807) is 0 Å². The lowest BCUT2D eigenvalue weighted by atomic mass is 10.2. The molecule has 5 heteroatoms. The highest BCUT2D eigenvalue weighted by Gasteiger charge is 2.06. The van der Waals surface area contributed by atoms with Gasteiger partial charge in [-0.3, -0.25) is 4.79 Å². The van der Waals surface area contributed by atoms with Crippen molar-refractivity contribution in [3.8, 4) is 0 Å². The summed E-state index contributed by atoms with van der Waals surface area (Å²) in [6.07, 6.45) is 4.38. The zero-order valence-electron chi connectivity index (χ0n) is 11.6. The van der Waals surface area contributed by atoms with Gasteiger partial charge in [0.2, 0.25) is 0 Å². The van der Waals surface area contributed by atoms with Crippen LogP contribution in [0.3, 0.4) is 0 Å². The Kier molecular flexibility index (Phi) is 4.79. The Labute approximate surface area is 118 Å². The Hall–Kier alpha value is -2.27. The molecule has 0 saturated carbocycles. The monoisotopic (exact) mass is 270 g/mol. The zero-order chi connectivity index (χ0) is 14.4. The summed E-state index contributed by atoms with van der Waals surface area (Å²) in [6, 6.07) is 8.19. The highest BCUT2D eigenvalue weighted by Crippen LogP contribution is 2.12. The minimum absolute atomic E-state index is 0.209. The van der Waals surface area contributed by atoms with Crippen molar-refractivity contribution < 1.29 is 4.79 Å². The molecule has 104 valence electrons. The van der Waals surface area contributed by atoms with Crippen molar-refractivity contribution in [2.45, 2.75) is 26.4 Å². The van der Waals surface area contributed by atoms with E-state index in [0.29, 0.717) is 11.6 Å². The number of anilines is 1. The standard InChI is InChI=1S/C15H18N4O/c1-11(2)18-7-12-4-3-5-14(6-12)19-15(20)13-8-16-10-17-9-13/h3-6,8-11,18H,7H2,1-2H3,(H,19,20). The predicted octanol–water partition coefficient (Wildman–Crippen LogP) is 2.23. The van der Waals surface area contributed by atoms with Gasteiger partial charge in [-0.05, 0) is 17.7 Å². The van der Waals surface area contributed by atoms with Gasteiger partial charge >= 0.3 is 0 Å². The molecule has 0 aliphatic rings. The molecule has 1 aromatic heterocycles. The third-order valence-corrected chi connectivity index (χ3v) is 2.72. The topological polar surface area (TPSA) is 66.9 Å². The zero-order valence-corrected chi connectivity index (χ0v) is 11.6. The Balaban J connectivity index is 2.02. The third kappa shape index (κ3) is 4.13. The minimum atomic E-state index is -0.209. The van der Waals surface area contributed by atoms with Gasteiger partial charge in [0.25, 0.3) is 5.91 Å². The maximum absolute atomic E-state index is 12.0. The molecule has 1 aromatic carbocycles. The Morgan fingerprint density at radius 2 is 2.00 bits per heavy atom. The molecule has 0 radical (unpaired) electrons. The third-order valence-electron chi connectivity index (χ3n) is 2.72. The summed E-state index contributed by atoms with van der Waals surface area (Å²) in [5.74, 6) is -0.209. The van der Waals surface area contributed by atoms with Crippen LogP contribution in [0.4, 0.5) is 5.69 Å². The summed E-state index contributed by atoms with van der Waals surface area (Å²) < 4.78 is 0. The van der Waals surface area contributed by atoms with Gasteiger partial charge in [0.05, 0.1) is 5.56 Å². The van der Waals surface area contributed by atoms with Crippen molar-refractivity contribution in [2.75, 3.05) is 5.32 Å². The first-order valence-corrected chi connectivity index (χ1v) is 6.54. The summed E-state index contributed by atoms with van der Waals surface area (Å²) >= 11 is 0. The van der Waals surface area contributed by atoms with Gasteiger partial charge in [-0.15, -0.1) is 0 Å². The summed E-state index contributed by atoms with van der Waals surface area (Å²) in [6.45, 7) is 4.97. The molecule has 0 unspecified atom stereocenters. The fourth-order valence-electron chi connectivity index (χ4n) is 1.70. The van der Waals surface area contributed by atoms with Crippen LogP contribution in [0.25, 0.3) is 0 Å². The Morgan fingerprint density at radius 1 is 1.25 bits per heavy atom. The molecular formula is C15H18N4O. The van der Waals surface area contributed by atoms with Crippen LogP contribution < -0.4 is 10.6 Å². The lowest BCUT2D eigenvalue weighted by molar-refractivity contribution is 0.102. The molecule has 1 heterocycles. The number of carbonyl (C=O) groups is 1. The maximum Gasteiger partial charge on any atom is 0.258 e. The molecule has 0 atom stereocenters. The smallest absolute Gasteiger partial charge is 0.258 e. The van der Waals surface area contributed by atoms with Crippen molar-refractivity contribution in [1.29, 1.82) is 0 Å². The van der Waals surface area contributed by atoms with Crippen molar-refractivity contribution in [2.24, 2.45) is 0 Å². The summed E-state index contributed by atoms with van der Waals surface area (Å²) in [4.78, 5) is 19.6. The van der Waals surface area contributed by atoms with Crippen LogP contribution in [0.15, 0.2) is 43.0 Å². The second kappa shape index (κ2) is 6.77. The molecule has 0 saturated heterocycles. The summed E-state index contributed by atoms with van der Waals surface area (Å²) in [5.41, 5.74) is 2.33. The molecule has 0 fully saturated rings. The number of benzene rings is 1. The number of hydrogen-bond donors (Lipinski definition) is 2. The number of hydrogen-bond acceptors (Lipinski definition) is 4. The van der Waals surface area contributed by atoms with Crippen LogP contribution in [0.1, 0.15) is 29.8 Å². The average Bonchev–Trinajstić information content (AvgIpc) is 2.46. The van der Waals surface area contributed by atoms with Gasteiger partial charge in [-0.1, -0.05) is 26.0 Å². The summed E-state index contributed by atoms with van der Waals surface area (Å²) in [5, 5.41) is 6.18. The molecule has 20 heavy (non-hydrogen) atoms. The normalized spacial score (nSPS) is 10.6. The minimum Gasteiger partial charge on any atom is -0.322 e. The molecule has 2 N–H and O–H groups in total. The average molecular weight is 270 g/mol. The Bertz CT molecular complexity index is 569. The molecule has 0 aliphatic heterocycles. The van der Waals surface area contributed by atoms with E-state index in [1.807, 2.05) is 24.3 Å². The number of carbonyl (C=O) groups excluding carboxylic acids is 1. The number of nitrogens with zero attached hydrogens (tertiary/aromatic N) is 2. The fourth-order valence-corrected chi connectivity index (χ4v) is 1.70. The van der Waals surface area contributed by atoms with Crippen LogP contribution in [0.5, 0.6) is 0 Å². The SMILES string of the molecule is CC(C)NCc1cccc(NC(=O)c2cncnc2)c1. The van der Waals surface area contributed by atoms with Crippen molar-refractivity contribution in [3.05, 3.63) is 54.1 Å². The summed E-state index contributed by atoms with van der Waals surface area (Å²) in [7, 11) is 0. The highest BCUT2D eigenvalue weighted by atomic mass is 16.1. The van der Waals surface area contributed by atoms with Crippen LogP contribution >= 0.6 is 0 Å². The van der Waals surface area contributed by atoms with Gasteiger partial charge in [0, 0.05) is 30.7 Å². The van der Waals surface area contributed by atoms with Gasteiger partial charge in [-0.2, -0.15) is 0 Å². The first-order chi connectivity index (χ1) is 9.65. The number of nitrogens with one attached hydrogen (secondary N) is 2. The van der Waals surface area contributed by atoms with Crippen molar-refractivity contribution in [3.63, 3.8) is 0 Å². The molecule has 2 aromatic rings. The van der Waals surface area contributed by atoms with Crippen LogP contribution in [-0.2, 0) is 6.54 Å². The van der Waals surface area contributed by atoms with Crippen LogP contribution in [0, 0.1) is 0 Å². The van der Waals surface area contributed by atoms with E-state index in [-0.39, 0.29) is 5.91 Å². The van der Waals surface area contributed by atoms with E-state index in [1.165, 1.54) is 18.7 Å². The molecule has 2 rings (SSSR count). The molecule has 0 spiro atoms. The van der Waals surface area contributed by atoms with E-state index >= 15 is 0 Å². The second-order valence-corrected chi connectivity index (χ2v) is 4.82. The van der Waals surface area contributed by atoms with Gasteiger partial charge in [0.1, 0.15) is 6.33 Å². The second-order valence-electron chi connectivity index (χ2n) is 4.82. The Morgan fingerprint density at radius 3 is 2.70 bits per heavy atom. The van der Waals surface area contributed by atoms with Gasteiger partial charge in [0.15, 0.2) is 0 Å². The molecule has 0 aliphatic carbocycles. The highest BCUT2D eigenvalue weighted by molar-refractivity contribution is 6.03. The molecule has 1 amide bonds. The molecule has 5 nitrogen and oxygen atoms in total. The number of rotatable bonds is 5. The molecular weight excluding hydrogens is 252 g/mol. The van der Waals surface area contributed by atoms with E-state index in [0.717, 1.165) is 17.8 Å². The first-order valence-electron chi connectivity index (χ1n) is 6.54. The fraction of sp³-hybridized carbons (Fsp3) is 0.267. The quantitative estimate of drug-likeness (QED) is 0.874. The lowest BCUT2D eigenvalue weighted by Crippen LogP contribution is -2.21. The first kappa shape index (κ1) is 14.1. The van der Waals surface area contributed by atoms with E-state index in [4.69, 9.17) is 0 Å². The van der Waals surface area contributed by atoms with E-state index in [9.17, 15) is 4.79 Å². The van der Waals surface area contributed by atoms with Crippen LogP contribution in [0.2, 0.25) is 0 Å². The predicted molar refractivity (Wildman–Crippen MR) is 78.4 cm³/mol. The van der Waals surface area contributed by atoms with Gasteiger partial charge in [-0.25, -0.2) is 9.97 Å². The largest absolute Gasteiger partial charge is 0.322 e. The van der Waals surface area contributed by atoms with Crippen molar-refractivity contribution in [1.82, 2.24) is 15.3 Å². The van der Waals surface area contributed by atoms with Gasteiger partial charge < -0.3 is 10.6 Å². The number of amides is 1. The van der Waals surface area contributed by atoms with E-state index < -0.39 is 0 Å². The maximum atomic E-state index is 12.0. The molecule has 0 bridgehead atoms. The lowest BCUT2D eigenvalue weighted by Gasteiger charge is -2.10. The van der Waals surface area contributed by atoms with Crippen molar-refractivity contribution >= 4 is 11.6 Å². The number of aromatic nitrogens is 2. The van der Waals surface area contributed by atoms with E-state index in [2.05, 4.69) is 34.4 Å². The van der Waals surface area contributed by atoms with Crippen LogP contribution in [-0.4, -0.2) is 21.9 Å².